The van der Waals surface area contributed by atoms with Crippen LogP contribution in [0.1, 0.15) is 6.92 Å². The van der Waals surface area contributed by atoms with E-state index < -0.39 is 25.2 Å². The quantitative estimate of drug-likeness (QED) is 0.314. The van der Waals surface area contributed by atoms with Gasteiger partial charge < -0.3 is 20.0 Å². The molecule has 0 spiro atoms. The van der Waals surface area contributed by atoms with Crippen LogP contribution in [0.25, 0.3) is 0 Å². The van der Waals surface area contributed by atoms with Crippen LogP contribution in [0, 0.1) is 0 Å². The molecule has 13 heavy (non-hydrogen) atoms. The maximum Gasteiger partial charge on any atom is 0.709 e. The zero-order chi connectivity index (χ0) is 10.4. The Morgan fingerprint density at radius 3 is 2.46 bits per heavy atom. The van der Waals surface area contributed by atoms with Crippen LogP contribution < -0.4 is 5.32 Å². The summed E-state index contributed by atoms with van der Waals surface area (Å²) in [5.41, 5.74) is 0. The second-order valence-corrected chi connectivity index (χ2v) is 2.56. The largest absolute Gasteiger partial charge is 0.709 e. The van der Waals surface area contributed by atoms with E-state index in [0.29, 0.717) is 0 Å². The van der Waals surface area contributed by atoms with Gasteiger partial charge in [0.05, 0.1) is 0 Å². The maximum absolute atomic E-state index is 10.9. The Hall–Kier alpha value is -0.725. The zero-order valence-corrected chi connectivity index (χ0v) is 7.82. The minimum atomic E-state index is -2.18. The van der Waals surface area contributed by atoms with E-state index in [2.05, 4.69) is 22.6 Å². The highest BCUT2D eigenvalue weighted by Gasteiger charge is 2.24. The molecule has 0 aliphatic heterocycles. The van der Waals surface area contributed by atoms with Crippen molar-refractivity contribution >= 4 is 31.8 Å². The van der Waals surface area contributed by atoms with Gasteiger partial charge in [0.15, 0.2) is 0 Å². The average Bonchev–Trinajstić information content (AvgIpc) is 1.98. The number of hydrogen-bond donors (Lipinski definition) is 4. The van der Waals surface area contributed by atoms with Crippen molar-refractivity contribution in [2.75, 3.05) is 5.75 Å². The minimum absolute atomic E-state index is 0.0190. The summed E-state index contributed by atoms with van der Waals surface area (Å²) >= 11 is 3.77. The summed E-state index contributed by atoms with van der Waals surface area (Å²) in [6.45, 7) is 1.22. The Morgan fingerprint density at radius 2 is 2.15 bits per heavy atom. The van der Waals surface area contributed by atoms with E-state index in [9.17, 15) is 9.59 Å². The summed E-state index contributed by atoms with van der Waals surface area (Å²) in [4.78, 5) is 21.4. The number of hydrogen-bond acceptors (Lipinski definition) is 6. The van der Waals surface area contributed by atoms with Crippen molar-refractivity contribution in [1.82, 2.24) is 5.32 Å². The van der Waals surface area contributed by atoms with Gasteiger partial charge >= 0.3 is 13.3 Å². The molecule has 0 bridgehead atoms. The molecule has 74 valence electrons. The Kier molecular flexibility index (Phi) is 5.52. The van der Waals surface area contributed by atoms with E-state index in [0.717, 1.165) is 0 Å². The van der Waals surface area contributed by atoms with E-state index in [-0.39, 0.29) is 5.75 Å². The number of nitrogens with one attached hydrogen (secondary N) is 1. The molecule has 1 amide bonds. The van der Waals surface area contributed by atoms with Crippen molar-refractivity contribution in [3.63, 3.8) is 0 Å². The molecular weight excluding hydrogens is 197 g/mol. The van der Waals surface area contributed by atoms with Crippen molar-refractivity contribution in [3.8, 4) is 0 Å². The molecule has 6 nitrogen and oxygen atoms in total. The summed E-state index contributed by atoms with van der Waals surface area (Å²) in [7, 11) is -2.18. The van der Waals surface area contributed by atoms with E-state index in [1.54, 1.807) is 0 Å². The molecule has 0 aromatic carbocycles. The third kappa shape index (κ3) is 5.50. The third-order valence-electron chi connectivity index (χ3n) is 1.07. The molecule has 0 saturated carbocycles. The molecule has 0 saturated heterocycles. The number of carbonyl (C=O) groups excluding carboxylic acids is 2. The van der Waals surface area contributed by atoms with Crippen molar-refractivity contribution in [2.24, 2.45) is 0 Å². The molecule has 0 heterocycles. The van der Waals surface area contributed by atoms with E-state index in [1.807, 2.05) is 0 Å². The monoisotopic (exact) mass is 207 g/mol. The first kappa shape index (κ1) is 12.3. The molecule has 0 rings (SSSR count). The van der Waals surface area contributed by atoms with Crippen LogP contribution in [0.3, 0.4) is 0 Å². The number of thiol groups is 1. The molecule has 0 unspecified atom stereocenters. The Labute approximate surface area is 80.9 Å². The topological polar surface area (TPSA) is 95.9 Å². The fourth-order valence-electron chi connectivity index (χ4n) is 0.610. The van der Waals surface area contributed by atoms with Gasteiger partial charge in [0.1, 0.15) is 6.04 Å². The van der Waals surface area contributed by atoms with Crippen LogP contribution in [-0.2, 0) is 14.2 Å². The predicted molar refractivity (Wildman–Crippen MR) is 47.7 cm³/mol. The Balaban J connectivity index is 4.07. The van der Waals surface area contributed by atoms with Gasteiger partial charge in [0.2, 0.25) is 5.91 Å². The molecule has 1 atom stereocenters. The molecule has 0 radical (unpaired) electrons. The van der Waals surface area contributed by atoms with Crippen molar-refractivity contribution < 1.29 is 24.3 Å². The third-order valence-corrected chi connectivity index (χ3v) is 1.43. The first-order valence-corrected chi connectivity index (χ1v) is 4.05. The zero-order valence-electron chi connectivity index (χ0n) is 6.93. The summed E-state index contributed by atoms with van der Waals surface area (Å²) in [5.74, 6) is -1.35. The van der Waals surface area contributed by atoms with Crippen LogP contribution in [0.15, 0.2) is 0 Å². The normalized spacial score (nSPS) is 11.7. The maximum atomic E-state index is 10.9. The summed E-state index contributed by atoms with van der Waals surface area (Å²) in [6.07, 6.45) is 0. The van der Waals surface area contributed by atoms with Crippen LogP contribution >= 0.6 is 12.6 Å². The number of carbonyl (C=O) groups is 2. The van der Waals surface area contributed by atoms with Gasteiger partial charge in [-0.1, -0.05) is 0 Å². The highest BCUT2D eigenvalue weighted by molar-refractivity contribution is 7.80. The summed E-state index contributed by atoms with van der Waals surface area (Å²) in [6, 6.07) is -0.970. The number of rotatable bonds is 4. The lowest BCUT2D eigenvalue weighted by atomic mass is 10.2. The molecule has 3 N–H and O–H groups in total. The smallest absolute Gasteiger partial charge is 0.484 e. The van der Waals surface area contributed by atoms with Gasteiger partial charge in [-0.2, -0.15) is 12.6 Å². The fraction of sp³-hybridized carbons (Fsp3) is 0.600. The molecule has 0 fully saturated rings. The Bertz CT molecular complexity index is 199. The summed E-state index contributed by atoms with van der Waals surface area (Å²) in [5, 5.41) is 18.8. The van der Waals surface area contributed by atoms with Crippen molar-refractivity contribution in [3.05, 3.63) is 0 Å². The van der Waals surface area contributed by atoms with E-state index in [1.165, 1.54) is 6.92 Å². The van der Waals surface area contributed by atoms with Gasteiger partial charge in [0, 0.05) is 12.7 Å². The molecule has 8 heteroatoms. The lowest BCUT2D eigenvalue weighted by molar-refractivity contribution is -0.140. The molecule has 0 aromatic rings. The van der Waals surface area contributed by atoms with Gasteiger partial charge in [0.25, 0.3) is 0 Å². The second-order valence-electron chi connectivity index (χ2n) is 2.20. The fourth-order valence-corrected chi connectivity index (χ4v) is 0.851. The lowest BCUT2D eigenvalue weighted by Crippen LogP contribution is -2.44. The van der Waals surface area contributed by atoms with Crippen LogP contribution in [0.5, 0.6) is 0 Å². The summed E-state index contributed by atoms with van der Waals surface area (Å²) < 4.78 is 4.01. The first-order valence-electron chi connectivity index (χ1n) is 3.42. The lowest BCUT2D eigenvalue weighted by Gasteiger charge is -2.13. The van der Waals surface area contributed by atoms with Gasteiger partial charge in [-0.3, -0.25) is 9.59 Å². The SMILES string of the molecule is CC(=O)N[C@@H](CS)C(=O)OB(O)O. The van der Waals surface area contributed by atoms with E-state index in [4.69, 9.17) is 10.0 Å². The molecule has 0 aliphatic carbocycles. The van der Waals surface area contributed by atoms with Gasteiger partial charge in [-0.25, -0.2) is 0 Å². The molecular formula is C5H10BNO5S. The second kappa shape index (κ2) is 5.84. The van der Waals surface area contributed by atoms with Crippen molar-refractivity contribution in [2.45, 2.75) is 13.0 Å². The van der Waals surface area contributed by atoms with Gasteiger partial charge in [-0.15, -0.1) is 0 Å². The van der Waals surface area contributed by atoms with Crippen LogP contribution in [0.2, 0.25) is 0 Å². The highest BCUT2D eigenvalue weighted by atomic mass is 32.1. The first-order chi connectivity index (χ1) is 5.97. The highest BCUT2D eigenvalue weighted by Crippen LogP contribution is 1.93. The minimum Gasteiger partial charge on any atom is -0.484 e. The van der Waals surface area contributed by atoms with Crippen molar-refractivity contribution in [1.29, 1.82) is 0 Å². The predicted octanol–water partition coefficient (Wildman–Crippen LogP) is -2.07. The standard InChI is InChI=1S/C5H10BNO5S/c1-3(8)7-4(2-13)5(9)12-6(10)11/h4,10-11,13H,2H2,1H3,(H,7,8)/t4-/m0/s1. The molecule has 0 aliphatic rings. The molecule has 0 aromatic heterocycles. The van der Waals surface area contributed by atoms with Crippen LogP contribution in [0.4, 0.5) is 0 Å². The van der Waals surface area contributed by atoms with Crippen LogP contribution in [-0.4, -0.2) is 41.0 Å². The van der Waals surface area contributed by atoms with E-state index >= 15 is 0 Å². The Morgan fingerprint density at radius 1 is 1.62 bits per heavy atom. The average molecular weight is 207 g/mol. The van der Waals surface area contributed by atoms with Gasteiger partial charge in [-0.05, 0) is 0 Å². The number of amides is 1.